The highest BCUT2D eigenvalue weighted by Crippen LogP contribution is 2.12. The fraction of sp³-hybridized carbons (Fsp3) is 0.500. The number of hydrogen-bond donors (Lipinski definition) is 0. The van der Waals surface area contributed by atoms with E-state index in [0.717, 1.165) is 30.8 Å². The highest BCUT2D eigenvalue weighted by atomic mass is 16.3. The van der Waals surface area contributed by atoms with E-state index in [4.69, 9.17) is 4.42 Å². The van der Waals surface area contributed by atoms with E-state index in [2.05, 4.69) is 39.0 Å². The third-order valence-electron chi connectivity index (χ3n) is 2.32. The predicted molar refractivity (Wildman–Crippen MR) is 55.8 cm³/mol. The predicted octanol–water partition coefficient (Wildman–Crippen LogP) is 3.74. The van der Waals surface area contributed by atoms with Gasteiger partial charge in [-0.1, -0.05) is 18.6 Å². The van der Waals surface area contributed by atoms with Crippen molar-refractivity contribution in [3.05, 3.63) is 35.3 Å². The van der Waals surface area contributed by atoms with Crippen molar-refractivity contribution in [2.75, 3.05) is 0 Å². The van der Waals surface area contributed by atoms with Gasteiger partial charge < -0.3 is 4.42 Å². The van der Waals surface area contributed by atoms with Crippen LogP contribution in [0.3, 0.4) is 0 Å². The second-order valence-electron chi connectivity index (χ2n) is 3.36. The molecular formula is C12H18O. The maximum Gasteiger partial charge on any atom is 0.104 e. The topological polar surface area (TPSA) is 13.1 Å². The molecule has 0 aliphatic carbocycles. The maximum atomic E-state index is 5.60. The lowest BCUT2D eigenvalue weighted by molar-refractivity contribution is 0.468. The van der Waals surface area contributed by atoms with E-state index >= 15 is 0 Å². The van der Waals surface area contributed by atoms with Crippen LogP contribution in [0.4, 0.5) is 0 Å². The summed E-state index contributed by atoms with van der Waals surface area (Å²) in [5.41, 5.74) is 1.43. The molecule has 0 amide bonds. The number of aryl methyl sites for hydroxylation is 2. The molecule has 0 aliphatic heterocycles. The Balaban J connectivity index is 2.45. The lowest BCUT2D eigenvalue weighted by Crippen LogP contribution is -1.83. The van der Waals surface area contributed by atoms with E-state index in [1.54, 1.807) is 0 Å². The Labute approximate surface area is 80.5 Å². The van der Waals surface area contributed by atoms with Gasteiger partial charge in [0.15, 0.2) is 0 Å². The van der Waals surface area contributed by atoms with Crippen molar-refractivity contribution in [3.63, 3.8) is 0 Å². The minimum absolute atomic E-state index is 0.989. The van der Waals surface area contributed by atoms with Gasteiger partial charge in [0.1, 0.15) is 11.5 Å². The van der Waals surface area contributed by atoms with Gasteiger partial charge >= 0.3 is 0 Å². The molecule has 1 heteroatoms. The largest absolute Gasteiger partial charge is 0.466 e. The fourth-order valence-electron chi connectivity index (χ4n) is 1.21. The van der Waals surface area contributed by atoms with Gasteiger partial charge in [0.05, 0.1) is 0 Å². The molecule has 1 aromatic heterocycles. The minimum atomic E-state index is 0.989. The summed E-state index contributed by atoms with van der Waals surface area (Å²) >= 11 is 0. The Bertz CT molecular complexity index is 281. The van der Waals surface area contributed by atoms with E-state index in [0.29, 0.717) is 0 Å². The van der Waals surface area contributed by atoms with Crippen LogP contribution in [0.1, 0.15) is 38.7 Å². The Hall–Kier alpha value is -0.980. The summed E-state index contributed by atoms with van der Waals surface area (Å²) in [7, 11) is 0. The van der Waals surface area contributed by atoms with Crippen molar-refractivity contribution in [1.82, 2.24) is 0 Å². The zero-order chi connectivity index (χ0) is 9.68. The van der Waals surface area contributed by atoms with Crippen LogP contribution < -0.4 is 0 Å². The lowest BCUT2D eigenvalue weighted by Gasteiger charge is -1.97. The van der Waals surface area contributed by atoms with Crippen molar-refractivity contribution in [1.29, 1.82) is 0 Å². The van der Waals surface area contributed by atoms with Crippen LogP contribution in [0.15, 0.2) is 28.2 Å². The molecule has 0 bridgehead atoms. The third-order valence-corrected chi connectivity index (χ3v) is 2.32. The lowest BCUT2D eigenvalue weighted by atomic mass is 10.1. The fourth-order valence-corrected chi connectivity index (χ4v) is 1.21. The van der Waals surface area contributed by atoms with E-state index in [-0.39, 0.29) is 0 Å². The van der Waals surface area contributed by atoms with Crippen LogP contribution in [-0.2, 0) is 12.8 Å². The summed E-state index contributed by atoms with van der Waals surface area (Å²) in [6.07, 6.45) is 5.27. The van der Waals surface area contributed by atoms with Crippen molar-refractivity contribution >= 4 is 0 Å². The smallest absolute Gasteiger partial charge is 0.104 e. The first-order valence-electron chi connectivity index (χ1n) is 4.95. The first kappa shape index (κ1) is 10.1. The molecule has 0 aromatic carbocycles. The van der Waals surface area contributed by atoms with E-state index in [1.807, 2.05) is 0 Å². The molecule has 72 valence electrons. The monoisotopic (exact) mass is 178 g/mol. The summed E-state index contributed by atoms with van der Waals surface area (Å²) in [6.45, 7) is 6.35. The number of rotatable bonds is 4. The Morgan fingerprint density at radius 2 is 2.08 bits per heavy atom. The van der Waals surface area contributed by atoms with Crippen LogP contribution in [0.2, 0.25) is 0 Å². The van der Waals surface area contributed by atoms with Gasteiger partial charge in [-0.3, -0.25) is 0 Å². The third kappa shape index (κ3) is 3.10. The molecule has 13 heavy (non-hydrogen) atoms. The molecule has 1 aromatic rings. The molecule has 0 radical (unpaired) electrons. The minimum Gasteiger partial charge on any atom is -0.466 e. The SMILES string of the molecule is C/C=C(\C)CCc1ccc(CC)o1. The molecule has 0 aliphatic rings. The molecule has 1 heterocycles. The molecule has 0 saturated carbocycles. The maximum absolute atomic E-state index is 5.60. The first-order valence-corrected chi connectivity index (χ1v) is 4.95. The molecule has 0 saturated heterocycles. The Kier molecular flexibility index (Phi) is 3.81. The van der Waals surface area contributed by atoms with Gasteiger partial charge in [-0.15, -0.1) is 0 Å². The summed E-state index contributed by atoms with van der Waals surface area (Å²) < 4.78 is 5.60. The normalized spacial score (nSPS) is 12.1. The molecule has 1 rings (SSSR count). The summed E-state index contributed by atoms with van der Waals surface area (Å²) in [6, 6.07) is 4.15. The second-order valence-corrected chi connectivity index (χ2v) is 3.36. The van der Waals surface area contributed by atoms with Gasteiger partial charge in [-0.05, 0) is 32.4 Å². The van der Waals surface area contributed by atoms with Crippen LogP contribution >= 0.6 is 0 Å². The molecule has 1 nitrogen and oxygen atoms in total. The molecule has 0 spiro atoms. The van der Waals surface area contributed by atoms with Gasteiger partial charge in [-0.2, -0.15) is 0 Å². The van der Waals surface area contributed by atoms with E-state index in [9.17, 15) is 0 Å². The Morgan fingerprint density at radius 3 is 2.62 bits per heavy atom. The average Bonchev–Trinajstić information content (AvgIpc) is 2.61. The first-order chi connectivity index (χ1) is 6.26. The van der Waals surface area contributed by atoms with Crippen LogP contribution in [-0.4, -0.2) is 0 Å². The molecular weight excluding hydrogens is 160 g/mol. The summed E-state index contributed by atoms with van der Waals surface area (Å²) in [5, 5.41) is 0. The van der Waals surface area contributed by atoms with Crippen molar-refractivity contribution in [2.24, 2.45) is 0 Å². The zero-order valence-corrected chi connectivity index (χ0v) is 8.76. The number of allylic oxidation sites excluding steroid dienone is 2. The van der Waals surface area contributed by atoms with Gasteiger partial charge in [0, 0.05) is 12.8 Å². The zero-order valence-electron chi connectivity index (χ0n) is 8.76. The van der Waals surface area contributed by atoms with Gasteiger partial charge in [0.2, 0.25) is 0 Å². The summed E-state index contributed by atoms with van der Waals surface area (Å²) in [5.74, 6) is 2.20. The highest BCUT2D eigenvalue weighted by Gasteiger charge is 1.99. The Morgan fingerprint density at radius 1 is 1.38 bits per heavy atom. The number of furan rings is 1. The molecule has 0 atom stereocenters. The van der Waals surface area contributed by atoms with Gasteiger partial charge in [-0.25, -0.2) is 0 Å². The molecule has 0 fully saturated rings. The number of hydrogen-bond acceptors (Lipinski definition) is 1. The summed E-state index contributed by atoms with van der Waals surface area (Å²) in [4.78, 5) is 0. The molecule has 0 unspecified atom stereocenters. The molecule has 0 N–H and O–H groups in total. The van der Waals surface area contributed by atoms with E-state index < -0.39 is 0 Å². The van der Waals surface area contributed by atoms with Crippen LogP contribution in [0.5, 0.6) is 0 Å². The van der Waals surface area contributed by atoms with Gasteiger partial charge in [0.25, 0.3) is 0 Å². The standard InChI is InChI=1S/C12H18O/c1-4-10(3)6-7-12-9-8-11(5-2)13-12/h4,8-9H,5-7H2,1-3H3/b10-4+. The van der Waals surface area contributed by atoms with Crippen LogP contribution in [0, 0.1) is 0 Å². The van der Waals surface area contributed by atoms with E-state index in [1.165, 1.54) is 5.57 Å². The van der Waals surface area contributed by atoms with Crippen molar-refractivity contribution in [3.8, 4) is 0 Å². The van der Waals surface area contributed by atoms with Crippen molar-refractivity contribution < 1.29 is 4.42 Å². The highest BCUT2D eigenvalue weighted by molar-refractivity contribution is 5.09. The quantitative estimate of drug-likeness (QED) is 0.640. The van der Waals surface area contributed by atoms with Crippen LogP contribution in [0.25, 0.3) is 0 Å². The average molecular weight is 178 g/mol. The second kappa shape index (κ2) is 4.90. The van der Waals surface area contributed by atoms with Crippen molar-refractivity contribution in [2.45, 2.75) is 40.0 Å².